The molecule has 1 saturated carbocycles. The van der Waals surface area contributed by atoms with E-state index in [1.54, 1.807) is 4.68 Å². The van der Waals surface area contributed by atoms with E-state index in [9.17, 15) is 4.79 Å². The van der Waals surface area contributed by atoms with Gasteiger partial charge in [-0.1, -0.05) is 32.0 Å². The number of carbonyl (C=O) groups is 1. The molecule has 2 aromatic rings. The number of rotatable bonds is 2. The van der Waals surface area contributed by atoms with Crippen LogP contribution < -0.4 is 5.32 Å². The first-order valence-corrected chi connectivity index (χ1v) is 7.19. The van der Waals surface area contributed by atoms with Crippen LogP contribution in [-0.4, -0.2) is 21.7 Å². The van der Waals surface area contributed by atoms with Crippen LogP contribution in [0.4, 0.5) is 0 Å². The van der Waals surface area contributed by atoms with Crippen molar-refractivity contribution in [2.75, 3.05) is 0 Å². The molecule has 1 fully saturated rings. The topological polar surface area (TPSA) is 46.9 Å². The first-order valence-electron chi connectivity index (χ1n) is 7.19. The fraction of sp³-hybridized carbons (Fsp3) is 0.500. The Morgan fingerprint density at radius 3 is 2.85 bits per heavy atom. The van der Waals surface area contributed by atoms with E-state index in [0.29, 0.717) is 11.1 Å². The molecule has 4 nitrogen and oxygen atoms in total. The second kappa shape index (κ2) is 4.62. The summed E-state index contributed by atoms with van der Waals surface area (Å²) in [5.74, 6) is -0.0514. The summed E-state index contributed by atoms with van der Waals surface area (Å²) in [7, 11) is 1.87. The van der Waals surface area contributed by atoms with Crippen molar-refractivity contribution in [3.05, 3.63) is 30.0 Å². The van der Waals surface area contributed by atoms with E-state index in [4.69, 9.17) is 0 Å². The van der Waals surface area contributed by atoms with Crippen LogP contribution in [0.1, 0.15) is 43.6 Å². The second-order valence-corrected chi connectivity index (χ2v) is 6.57. The van der Waals surface area contributed by atoms with Gasteiger partial charge in [0.25, 0.3) is 5.91 Å². The number of nitrogens with one attached hydrogen (secondary N) is 1. The van der Waals surface area contributed by atoms with Crippen LogP contribution in [0.15, 0.2) is 24.3 Å². The third kappa shape index (κ3) is 2.30. The number of fused-ring (bicyclic) bond motifs is 1. The van der Waals surface area contributed by atoms with Crippen LogP contribution in [0, 0.1) is 5.41 Å². The van der Waals surface area contributed by atoms with Gasteiger partial charge in [-0.15, -0.1) is 0 Å². The number of hydrogen-bond donors (Lipinski definition) is 1. The van der Waals surface area contributed by atoms with Crippen LogP contribution >= 0.6 is 0 Å². The highest BCUT2D eigenvalue weighted by molar-refractivity contribution is 6.04. The molecule has 1 atom stereocenters. The second-order valence-electron chi connectivity index (χ2n) is 6.57. The van der Waals surface area contributed by atoms with Crippen molar-refractivity contribution in [2.45, 2.75) is 39.2 Å². The van der Waals surface area contributed by atoms with Gasteiger partial charge in [-0.2, -0.15) is 5.10 Å². The summed E-state index contributed by atoms with van der Waals surface area (Å²) in [6.45, 7) is 4.52. The van der Waals surface area contributed by atoms with Crippen molar-refractivity contribution in [1.82, 2.24) is 15.1 Å². The van der Waals surface area contributed by atoms with E-state index in [2.05, 4.69) is 24.3 Å². The first-order chi connectivity index (χ1) is 9.46. The minimum absolute atomic E-state index is 0.0514. The highest BCUT2D eigenvalue weighted by Gasteiger charge is 2.32. The molecule has 1 aromatic carbocycles. The molecule has 1 unspecified atom stereocenters. The van der Waals surface area contributed by atoms with E-state index in [-0.39, 0.29) is 11.9 Å². The van der Waals surface area contributed by atoms with Gasteiger partial charge in [0.2, 0.25) is 0 Å². The lowest BCUT2D eigenvalue weighted by atomic mass is 9.92. The number of para-hydroxylation sites is 1. The number of amides is 1. The molecular weight excluding hydrogens is 250 g/mol. The lowest BCUT2D eigenvalue weighted by Gasteiger charge is -2.17. The smallest absolute Gasteiger partial charge is 0.272 e. The minimum Gasteiger partial charge on any atom is -0.348 e. The molecule has 1 amide bonds. The van der Waals surface area contributed by atoms with E-state index >= 15 is 0 Å². The van der Waals surface area contributed by atoms with Crippen molar-refractivity contribution in [3.8, 4) is 0 Å². The predicted molar refractivity (Wildman–Crippen MR) is 79.6 cm³/mol. The SMILES string of the molecule is Cn1nc(C(=O)NC2CCC(C)(C)C2)c2ccccc21. The molecular formula is C16H21N3O. The molecule has 20 heavy (non-hydrogen) atoms. The van der Waals surface area contributed by atoms with Gasteiger partial charge >= 0.3 is 0 Å². The third-order valence-electron chi connectivity index (χ3n) is 4.28. The average Bonchev–Trinajstić information content (AvgIpc) is 2.91. The van der Waals surface area contributed by atoms with Gasteiger partial charge in [0.05, 0.1) is 5.52 Å². The Labute approximate surface area is 119 Å². The van der Waals surface area contributed by atoms with Gasteiger partial charge in [-0.25, -0.2) is 0 Å². The fourth-order valence-electron chi connectivity index (χ4n) is 3.19. The van der Waals surface area contributed by atoms with Gasteiger partial charge in [0.1, 0.15) is 0 Å². The normalized spacial score (nSPS) is 21.2. The lowest BCUT2D eigenvalue weighted by Crippen LogP contribution is -2.33. The summed E-state index contributed by atoms with van der Waals surface area (Å²) >= 11 is 0. The highest BCUT2D eigenvalue weighted by Crippen LogP contribution is 2.37. The van der Waals surface area contributed by atoms with Gasteiger partial charge in [0, 0.05) is 18.5 Å². The molecule has 1 aliphatic rings. The van der Waals surface area contributed by atoms with Crippen LogP contribution in [0.5, 0.6) is 0 Å². The van der Waals surface area contributed by atoms with Crippen molar-refractivity contribution in [3.63, 3.8) is 0 Å². The zero-order valence-corrected chi connectivity index (χ0v) is 12.3. The third-order valence-corrected chi connectivity index (χ3v) is 4.28. The maximum Gasteiger partial charge on any atom is 0.272 e. The Bertz CT molecular complexity index is 657. The Morgan fingerprint density at radius 1 is 1.40 bits per heavy atom. The predicted octanol–water partition coefficient (Wildman–Crippen LogP) is 2.88. The van der Waals surface area contributed by atoms with E-state index in [1.165, 1.54) is 6.42 Å². The molecule has 0 spiro atoms. The quantitative estimate of drug-likeness (QED) is 0.913. The summed E-state index contributed by atoms with van der Waals surface area (Å²) in [6.07, 6.45) is 3.27. The number of aryl methyl sites for hydroxylation is 1. The van der Waals surface area contributed by atoms with Gasteiger partial charge in [-0.3, -0.25) is 9.48 Å². The molecule has 4 heteroatoms. The van der Waals surface area contributed by atoms with E-state index in [1.807, 2.05) is 31.3 Å². The number of benzene rings is 1. The average molecular weight is 271 g/mol. The maximum absolute atomic E-state index is 12.5. The molecule has 106 valence electrons. The molecule has 3 rings (SSSR count). The molecule has 0 saturated heterocycles. The number of carbonyl (C=O) groups excluding carboxylic acids is 1. The number of aromatic nitrogens is 2. The van der Waals surface area contributed by atoms with Crippen molar-refractivity contribution in [1.29, 1.82) is 0 Å². The van der Waals surface area contributed by atoms with Gasteiger partial charge in [0.15, 0.2) is 5.69 Å². The van der Waals surface area contributed by atoms with Crippen molar-refractivity contribution in [2.24, 2.45) is 12.5 Å². The summed E-state index contributed by atoms with van der Waals surface area (Å²) in [5.41, 5.74) is 1.86. The molecule has 0 radical (unpaired) electrons. The molecule has 0 bridgehead atoms. The zero-order valence-electron chi connectivity index (χ0n) is 12.3. The number of nitrogens with zero attached hydrogens (tertiary/aromatic N) is 2. The van der Waals surface area contributed by atoms with Crippen LogP contribution in [-0.2, 0) is 7.05 Å². The fourth-order valence-corrected chi connectivity index (χ4v) is 3.19. The first kappa shape index (κ1) is 13.2. The summed E-state index contributed by atoms with van der Waals surface area (Å²) in [6, 6.07) is 8.12. The molecule has 1 heterocycles. The minimum atomic E-state index is -0.0514. The largest absolute Gasteiger partial charge is 0.348 e. The lowest BCUT2D eigenvalue weighted by molar-refractivity contribution is 0.0932. The molecule has 1 aromatic heterocycles. The maximum atomic E-state index is 12.5. The molecule has 1 aliphatic carbocycles. The summed E-state index contributed by atoms with van der Waals surface area (Å²) in [4.78, 5) is 12.5. The standard InChI is InChI=1S/C16H21N3O/c1-16(2)9-8-11(10-16)17-15(20)14-12-6-4-5-7-13(12)19(3)18-14/h4-7,11H,8-10H2,1-3H3,(H,17,20). The zero-order chi connectivity index (χ0) is 14.3. The Kier molecular flexibility index (Phi) is 3.04. The Morgan fingerprint density at radius 2 is 2.15 bits per heavy atom. The summed E-state index contributed by atoms with van der Waals surface area (Å²) < 4.78 is 1.77. The number of hydrogen-bond acceptors (Lipinski definition) is 2. The monoisotopic (exact) mass is 271 g/mol. The Balaban J connectivity index is 1.83. The van der Waals surface area contributed by atoms with Crippen LogP contribution in [0.2, 0.25) is 0 Å². The van der Waals surface area contributed by atoms with Crippen molar-refractivity contribution >= 4 is 16.8 Å². The van der Waals surface area contributed by atoms with Gasteiger partial charge < -0.3 is 5.32 Å². The summed E-state index contributed by atoms with van der Waals surface area (Å²) in [5, 5.41) is 8.44. The van der Waals surface area contributed by atoms with Crippen LogP contribution in [0.25, 0.3) is 10.9 Å². The van der Waals surface area contributed by atoms with Gasteiger partial charge in [-0.05, 0) is 30.7 Å². The molecule has 0 aliphatic heterocycles. The van der Waals surface area contributed by atoms with E-state index in [0.717, 1.165) is 23.7 Å². The van der Waals surface area contributed by atoms with E-state index < -0.39 is 0 Å². The van der Waals surface area contributed by atoms with Crippen LogP contribution in [0.3, 0.4) is 0 Å². The molecule has 1 N–H and O–H groups in total. The van der Waals surface area contributed by atoms with Crippen molar-refractivity contribution < 1.29 is 4.79 Å². The Hall–Kier alpha value is -1.84. The highest BCUT2D eigenvalue weighted by atomic mass is 16.2.